The predicted octanol–water partition coefficient (Wildman–Crippen LogP) is 2.30. The molecule has 1 fully saturated rings. The van der Waals surface area contributed by atoms with Gasteiger partial charge in [0.2, 0.25) is 11.8 Å². The third-order valence-corrected chi connectivity index (χ3v) is 5.36. The van der Waals surface area contributed by atoms with Gasteiger partial charge in [0, 0.05) is 18.5 Å². The molecule has 1 aromatic heterocycles. The van der Waals surface area contributed by atoms with Crippen LogP contribution in [-0.2, 0) is 22.6 Å². The van der Waals surface area contributed by atoms with Crippen molar-refractivity contribution in [3.63, 3.8) is 0 Å². The van der Waals surface area contributed by atoms with Gasteiger partial charge in [-0.2, -0.15) is 0 Å². The number of benzene rings is 1. The summed E-state index contributed by atoms with van der Waals surface area (Å²) in [6, 6.07) is 7.86. The van der Waals surface area contributed by atoms with Crippen LogP contribution >= 0.6 is 11.3 Å². The Kier molecular flexibility index (Phi) is 5.88. The Hall–Kier alpha value is -2.41. The first kappa shape index (κ1) is 18.4. The maximum Gasteiger partial charge on any atom is 0.228 e. The zero-order chi connectivity index (χ0) is 18.5. The molecule has 2 heterocycles. The van der Waals surface area contributed by atoms with E-state index < -0.39 is 0 Å². The molecule has 1 aliphatic rings. The summed E-state index contributed by atoms with van der Waals surface area (Å²) in [5.41, 5.74) is 7.30. The highest BCUT2D eigenvalue weighted by atomic mass is 32.1. The van der Waals surface area contributed by atoms with Crippen molar-refractivity contribution in [1.82, 2.24) is 9.88 Å². The van der Waals surface area contributed by atoms with E-state index in [1.807, 2.05) is 36.6 Å². The third kappa shape index (κ3) is 4.82. The van der Waals surface area contributed by atoms with Crippen LogP contribution in [0.2, 0.25) is 0 Å². The highest BCUT2D eigenvalue weighted by Gasteiger charge is 2.27. The van der Waals surface area contributed by atoms with Gasteiger partial charge in [-0.1, -0.05) is 17.7 Å². The number of primary amides is 1. The Morgan fingerprint density at radius 1 is 1.35 bits per heavy atom. The van der Waals surface area contributed by atoms with Gasteiger partial charge in [0.25, 0.3) is 0 Å². The number of aryl methyl sites for hydroxylation is 1. The van der Waals surface area contributed by atoms with E-state index in [9.17, 15) is 9.59 Å². The lowest BCUT2D eigenvalue weighted by atomic mass is 9.97. The zero-order valence-electron chi connectivity index (χ0n) is 14.8. The van der Waals surface area contributed by atoms with E-state index in [1.165, 1.54) is 16.9 Å². The second-order valence-corrected chi connectivity index (χ2v) is 7.54. The first-order valence-corrected chi connectivity index (χ1v) is 9.59. The lowest BCUT2D eigenvalue weighted by Gasteiger charge is -2.31. The average Bonchev–Trinajstić information content (AvgIpc) is 3.08. The maximum absolute atomic E-state index is 12.5. The minimum atomic E-state index is -0.327. The molecule has 2 aromatic rings. The largest absolute Gasteiger partial charge is 0.486 e. The molecule has 0 aliphatic carbocycles. The van der Waals surface area contributed by atoms with Gasteiger partial charge in [0.1, 0.15) is 17.4 Å². The molecule has 1 aliphatic heterocycles. The summed E-state index contributed by atoms with van der Waals surface area (Å²) < 4.78 is 5.72. The lowest BCUT2D eigenvalue weighted by Crippen LogP contribution is -2.44. The van der Waals surface area contributed by atoms with Crippen LogP contribution in [-0.4, -0.2) is 34.8 Å². The van der Waals surface area contributed by atoms with Crippen LogP contribution in [0.25, 0.3) is 0 Å². The smallest absolute Gasteiger partial charge is 0.228 e. The quantitative estimate of drug-likeness (QED) is 0.842. The summed E-state index contributed by atoms with van der Waals surface area (Å²) in [6.45, 7) is 3.51. The van der Waals surface area contributed by atoms with Crippen molar-refractivity contribution in [2.45, 2.75) is 32.8 Å². The Bertz CT molecular complexity index is 773. The van der Waals surface area contributed by atoms with Crippen LogP contribution in [0.3, 0.4) is 0 Å². The Morgan fingerprint density at radius 3 is 2.85 bits per heavy atom. The van der Waals surface area contributed by atoms with Crippen molar-refractivity contribution in [3.05, 3.63) is 45.9 Å². The summed E-state index contributed by atoms with van der Waals surface area (Å²) in [7, 11) is 0. The maximum atomic E-state index is 12.5. The number of rotatable bonds is 6. The standard InChI is InChI=1S/C19H23N3O3S/c1-13-4-6-16(7-5-13)25-11-17-21-15(12-26-17)9-18(23)22-8-2-3-14(10-22)19(20)24/h4-7,12,14H,2-3,8-11H2,1H3,(H2,20,24). The molecular formula is C19H23N3O3S. The normalized spacial score (nSPS) is 17.1. The monoisotopic (exact) mass is 373 g/mol. The highest BCUT2D eigenvalue weighted by molar-refractivity contribution is 7.09. The number of ether oxygens (including phenoxy) is 1. The van der Waals surface area contributed by atoms with Gasteiger partial charge in [0.05, 0.1) is 18.0 Å². The zero-order valence-corrected chi connectivity index (χ0v) is 15.6. The van der Waals surface area contributed by atoms with Crippen LogP contribution in [0.15, 0.2) is 29.6 Å². The fourth-order valence-corrected chi connectivity index (χ4v) is 3.68. The van der Waals surface area contributed by atoms with Crippen LogP contribution in [0.1, 0.15) is 29.1 Å². The lowest BCUT2D eigenvalue weighted by molar-refractivity contribution is -0.134. The third-order valence-electron chi connectivity index (χ3n) is 4.49. The summed E-state index contributed by atoms with van der Waals surface area (Å²) in [4.78, 5) is 30.0. The molecule has 0 bridgehead atoms. The van der Waals surface area contributed by atoms with E-state index in [2.05, 4.69) is 4.98 Å². The Morgan fingerprint density at radius 2 is 2.12 bits per heavy atom. The molecule has 0 spiro atoms. The highest BCUT2D eigenvalue weighted by Crippen LogP contribution is 2.19. The summed E-state index contributed by atoms with van der Waals surface area (Å²) in [5.74, 6) is 0.231. The van der Waals surface area contributed by atoms with Crippen LogP contribution in [0, 0.1) is 12.8 Å². The molecule has 138 valence electrons. The number of hydrogen-bond donors (Lipinski definition) is 1. The summed E-state index contributed by atoms with van der Waals surface area (Å²) >= 11 is 1.49. The number of carbonyl (C=O) groups is 2. The molecule has 1 aromatic carbocycles. The number of nitrogens with two attached hydrogens (primary N) is 1. The number of amides is 2. The molecular weight excluding hydrogens is 350 g/mol. The van der Waals surface area contributed by atoms with Crippen LogP contribution in [0.5, 0.6) is 5.75 Å². The van der Waals surface area contributed by atoms with Gasteiger partial charge < -0.3 is 15.4 Å². The molecule has 1 atom stereocenters. The van der Waals surface area contributed by atoms with Crippen LogP contribution in [0.4, 0.5) is 0 Å². The van der Waals surface area contributed by atoms with Crippen molar-refractivity contribution < 1.29 is 14.3 Å². The number of hydrogen-bond acceptors (Lipinski definition) is 5. The fourth-order valence-electron chi connectivity index (χ4n) is 2.98. The van der Waals surface area contributed by atoms with Gasteiger partial charge >= 0.3 is 0 Å². The van der Waals surface area contributed by atoms with Gasteiger partial charge in [-0.05, 0) is 31.9 Å². The number of likely N-dealkylation sites (tertiary alicyclic amines) is 1. The predicted molar refractivity (Wildman–Crippen MR) is 99.8 cm³/mol. The Labute approximate surface area is 157 Å². The topological polar surface area (TPSA) is 85.5 Å². The fraction of sp³-hybridized carbons (Fsp3) is 0.421. The SMILES string of the molecule is Cc1ccc(OCc2nc(CC(=O)N3CCCC(C(N)=O)C3)cs2)cc1. The van der Waals surface area contributed by atoms with Crippen molar-refractivity contribution in [1.29, 1.82) is 0 Å². The molecule has 1 saturated heterocycles. The molecule has 0 radical (unpaired) electrons. The van der Waals surface area contributed by atoms with Gasteiger partial charge in [0.15, 0.2) is 0 Å². The van der Waals surface area contributed by atoms with Crippen LogP contribution < -0.4 is 10.5 Å². The van der Waals surface area contributed by atoms with E-state index in [-0.39, 0.29) is 24.2 Å². The van der Waals surface area contributed by atoms with E-state index in [0.29, 0.717) is 19.7 Å². The van der Waals surface area contributed by atoms with Gasteiger partial charge in [-0.25, -0.2) is 4.98 Å². The van der Waals surface area contributed by atoms with Gasteiger partial charge in [-0.3, -0.25) is 9.59 Å². The number of aromatic nitrogens is 1. The molecule has 2 amide bonds. The molecule has 1 unspecified atom stereocenters. The van der Waals surface area contributed by atoms with Crippen molar-refractivity contribution >= 4 is 23.2 Å². The van der Waals surface area contributed by atoms with E-state index in [0.717, 1.165) is 29.3 Å². The summed E-state index contributed by atoms with van der Waals surface area (Å²) in [5, 5.41) is 2.73. The van der Waals surface area contributed by atoms with Gasteiger partial charge in [-0.15, -0.1) is 11.3 Å². The first-order valence-electron chi connectivity index (χ1n) is 8.71. The average molecular weight is 373 g/mol. The van der Waals surface area contributed by atoms with E-state index >= 15 is 0 Å². The van der Waals surface area contributed by atoms with E-state index in [4.69, 9.17) is 10.5 Å². The molecule has 26 heavy (non-hydrogen) atoms. The first-order chi connectivity index (χ1) is 12.5. The van der Waals surface area contributed by atoms with Crippen molar-refractivity contribution in [2.24, 2.45) is 11.7 Å². The minimum absolute atomic E-state index is 0.00717. The van der Waals surface area contributed by atoms with Crippen molar-refractivity contribution in [2.75, 3.05) is 13.1 Å². The molecule has 0 saturated carbocycles. The van der Waals surface area contributed by atoms with Crippen molar-refractivity contribution in [3.8, 4) is 5.75 Å². The second-order valence-electron chi connectivity index (χ2n) is 6.59. The second kappa shape index (κ2) is 8.31. The number of piperidine rings is 1. The molecule has 3 rings (SSSR count). The molecule has 7 heteroatoms. The number of thiazole rings is 1. The molecule has 2 N–H and O–H groups in total. The number of nitrogens with zero attached hydrogens (tertiary/aromatic N) is 2. The number of carbonyl (C=O) groups excluding carboxylic acids is 2. The summed E-state index contributed by atoms with van der Waals surface area (Å²) in [6.07, 6.45) is 1.81. The molecule has 6 nitrogen and oxygen atoms in total. The minimum Gasteiger partial charge on any atom is -0.486 e. The van der Waals surface area contributed by atoms with E-state index in [1.54, 1.807) is 4.90 Å². The Balaban J connectivity index is 1.52.